The Hall–Kier alpha value is -2.21. The first-order valence-corrected chi connectivity index (χ1v) is 8.82. The van der Waals surface area contributed by atoms with Crippen LogP contribution in [0.1, 0.15) is 42.9 Å². The minimum Gasteiger partial charge on any atom is -0.309 e. The number of rotatable bonds is 3. The van der Waals surface area contributed by atoms with Gasteiger partial charge in [0.2, 0.25) is 5.91 Å². The van der Waals surface area contributed by atoms with Crippen molar-refractivity contribution in [2.45, 2.75) is 37.1 Å². The molecule has 1 atom stereocenters. The second-order valence-corrected chi connectivity index (χ2v) is 7.21. The third-order valence-electron chi connectivity index (χ3n) is 5.69. The molecule has 0 bridgehead atoms. The van der Waals surface area contributed by atoms with E-state index in [1.54, 1.807) is 28.9 Å². The molecule has 1 spiro atoms. The van der Waals surface area contributed by atoms with Gasteiger partial charge in [0.05, 0.1) is 11.9 Å². The number of likely N-dealkylation sites (N-methyl/N-ethyl adjacent to an activating group) is 1. The summed E-state index contributed by atoms with van der Waals surface area (Å²) in [7, 11) is 3.60. The van der Waals surface area contributed by atoms with Gasteiger partial charge in [-0.15, -0.1) is 0 Å². The summed E-state index contributed by atoms with van der Waals surface area (Å²) in [5.74, 6) is -0.233. The largest absolute Gasteiger partial charge is 0.309 e. The zero-order valence-electron chi connectivity index (χ0n) is 14.6. The number of halogens is 1. The molecule has 6 heteroatoms. The minimum absolute atomic E-state index is 0.0499. The Balaban J connectivity index is 1.74. The van der Waals surface area contributed by atoms with E-state index in [0.29, 0.717) is 6.54 Å². The number of carbonyl (C=O) groups excluding carboxylic acids is 1. The molecule has 1 N–H and O–H groups in total. The minimum atomic E-state index is -0.485. The average Bonchev–Trinajstić information content (AvgIpc) is 3.30. The van der Waals surface area contributed by atoms with Crippen molar-refractivity contribution in [3.63, 3.8) is 0 Å². The van der Waals surface area contributed by atoms with Crippen LogP contribution in [0.25, 0.3) is 0 Å². The number of fused-ring (bicyclic) bond motifs is 2. The Kier molecular flexibility index (Phi) is 3.87. The number of amides is 1. The van der Waals surface area contributed by atoms with Gasteiger partial charge < -0.3 is 10.2 Å². The summed E-state index contributed by atoms with van der Waals surface area (Å²) in [5, 5.41) is 7.26. The number of anilines is 1. The lowest BCUT2D eigenvalue weighted by Gasteiger charge is -2.27. The van der Waals surface area contributed by atoms with Crippen LogP contribution >= 0.6 is 0 Å². The van der Waals surface area contributed by atoms with E-state index in [2.05, 4.69) is 10.4 Å². The first kappa shape index (κ1) is 16.3. The highest BCUT2D eigenvalue weighted by atomic mass is 19.1. The molecule has 132 valence electrons. The third-order valence-corrected chi connectivity index (χ3v) is 5.69. The number of aryl methyl sites for hydroxylation is 1. The quantitative estimate of drug-likeness (QED) is 0.933. The molecule has 2 aromatic rings. The van der Waals surface area contributed by atoms with Crippen LogP contribution in [0.15, 0.2) is 30.6 Å². The van der Waals surface area contributed by atoms with Crippen LogP contribution in [0.4, 0.5) is 10.1 Å². The van der Waals surface area contributed by atoms with Gasteiger partial charge in [0.1, 0.15) is 11.9 Å². The second kappa shape index (κ2) is 5.95. The maximum Gasteiger partial charge on any atom is 0.248 e. The first-order chi connectivity index (χ1) is 12.1. The van der Waals surface area contributed by atoms with E-state index < -0.39 is 6.04 Å². The van der Waals surface area contributed by atoms with Crippen LogP contribution in [-0.2, 0) is 17.3 Å². The molecule has 1 aromatic carbocycles. The fraction of sp³-hybridized carbons (Fsp3) is 0.474. The lowest BCUT2D eigenvalue weighted by molar-refractivity contribution is -0.120. The molecule has 1 saturated carbocycles. The smallest absolute Gasteiger partial charge is 0.248 e. The lowest BCUT2D eigenvalue weighted by atomic mass is 9.80. The summed E-state index contributed by atoms with van der Waals surface area (Å²) in [6, 6.07) is 4.60. The van der Waals surface area contributed by atoms with Gasteiger partial charge in [-0.25, -0.2) is 4.39 Å². The summed E-state index contributed by atoms with van der Waals surface area (Å²) >= 11 is 0. The fourth-order valence-corrected chi connectivity index (χ4v) is 4.56. The highest BCUT2D eigenvalue weighted by Crippen LogP contribution is 2.51. The maximum absolute atomic E-state index is 14.7. The van der Waals surface area contributed by atoms with Crippen LogP contribution in [0.5, 0.6) is 0 Å². The van der Waals surface area contributed by atoms with Crippen molar-refractivity contribution in [2.75, 3.05) is 18.5 Å². The number of carbonyl (C=O) groups is 1. The highest BCUT2D eigenvalue weighted by molar-refractivity contribution is 6.00. The van der Waals surface area contributed by atoms with E-state index in [4.69, 9.17) is 0 Å². The molecule has 5 nitrogen and oxygen atoms in total. The SMILES string of the molecule is CNC(C(=O)N1CC2(CCCC2)c2c(F)cccc21)c1cnn(C)c1. The molecule has 0 radical (unpaired) electrons. The van der Waals surface area contributed by atoms with Crippen molar-refractivity contribution in [2.24, 2.45) is 7.05 Å². The normalized spacial score (nSPS) is 19.4. The zero-order chi connectivity index (χ0) is 17.6. The van der Waals surface area contributed by atoms with Crippen molar-refractivity contribution in [3.05, 3.63) is 47.5 Å². The molecule has 0 saturated heterocycles. The van der Waals surface area contributed by atoms with Crippen LogP contribution in [0.3, 0.4) is 0 Å². The predicted octanol–water partition coefficient (Wildman–Crippen LogP) is 2.68. The van der Waals surface area contributed by atoms with Crippen LogP contribution in [0, 0.1) is 5.82 Å². The van der Waals surface area contributed by atoms with Crippen LogP contribution in [-0.4, -0.2) is 29.3 Å². The van der Waals surface area contributed by atoms with Crippen LogP contribution < -0.4 is 10.2 Å². The summed E-state index contributed by atoms with van der Waals surface area (Å²) < 4.78 is 16.4. The summed E-state index contributed by atoms with van der Waals surface area (Å²) in [5.41, 5.74) is 2.07. The van der Waals surface area contributed by atoms with Crippen molar-refractivity contribution >= 4 is 11.6 Å². The summed E-state index contributed by atoms with van der Waals surface area (Å²) in [6.07, 6.45) is 7.62. The molecule has 2 aliphatic rings. The molecule has 1 aliphatic carbocycles. The summed E-state index contributed by atoms with van der Waals surface area (Å²) in [4.78, 5) is 15.1. The molecule has 4 rings (SSSR count). The molecule has 1 amide bonds. The van der Waals surface area contributed by atoms with Gasteiger partial charge in [-0.2, -0.15) is 5.10 Å². The van der Waals surface area contributed by atoms with Gasteiger partial charge in [0, 0.05) is 36.3 Å². The predicted molar refractivity (Wildman–Crippen MR) is 93.9 cm³/mol. The van der Waals surface area contributed by atoms with Gasteiger partial charge in [0.25, 0.3) is 0 Å². The molecule has 1 aliphatic heterocycles. The van der Waals surface area contributed by atoms with Crippen molar-refractivity contribution < 1.29 is 9.18 Å². The van der Waals surface area contributed by atoms with Gasteiger partial charge in [-0.3, -0.25) is 9.48 Å². The Morgan fingerprint density at radius 2 is 2.12 bits per heavy atom. The molecule has 1 unspecified atom stereocenters. The average molecular weight is 342 g/mol. The fourth-order valence-electron chi connectivity index (χ4n) is 4.56. The summed E-state index contributed by atoms with van der Waals surface area (Å²) in [6.45, 7) is 0.570. The first-order valence-electron chi connectivity index (χ1n) is 8.82. The zero-order valence-corrected chi connectivity index (χ0v) is 14.6. The Bertz CT molecular complexity index is 810. The molecular weight excluding hydrogens is 319 g/mol. The number of hydrogen-bond donors (Lipinski definition) is 1. The molecule has 1 fully saturated rings. The maximum atomic E-state index is 14.7. The van der Waals surface area contributed by atoms with Crippen molar-refractivity contribution in [1.82, 2.24) is 15.1 Å². The van der Waals surface area contributed by atoms with E-state index in [0.717, 1.165) is 42.5 Å². The monoisotopic (exact) mass is 342 g/mol. The van der Waals surface area contributed by atoms with Crippen molar-refractivity contribution in [3.8, 4) is 0 Å². The highest BCUT2D eigenvalue weighted by Gasteiger charge is 2.48. The van der Waals surface area contributed by atoms with E-state index in [-0.39, 0.29) is 17.1 Å². The van der Waals surface area contributed by atoms with Crippen LogP contribution in [0.2, 0.25) is 0 Å². The number of benzene rings is 1. The van der Waals surface area contributed by atoms with Gasteiger partial charge in [0.15, 0.2) is 0 Å². The van der Waals surface area contributed by atoms with Crippen molar-refractivity contribution in [1.29, 1.82) is 0 Å². The van der Waals surface area contributed by atoms with E-state index in [1.165, 1.54) is 6.07 Å². The number of aromatic nitrogens is 2. The molecule has 1 aromatic heterocycles. The topological polar surface area (TPSA) is 50.2 Å². The molecule has 25 heavy (non-hydrogen) atoms. The lowest BCUT2D eigenvalue weighted by Crippen LogP contribution is -2.41. The van der Waals surface area contributed by atoms with Gasteiger partial charge in [-0.05, 0) is 32.0 Å². The van der Waals surface area contributed by atoms with E-state index in [1.807, 2.05) is 19.3 Å². The number of nitrogens with one attached hydrogen (secondary N) is 1. The third kappa shape index (κ3) is 2.47. The number of hydrogen-bond acceptors (Lipinski definition) is 3. The van der Waals surface area contributed by atoms with Gasteiger partial charge in [-0.1, -0.05) is 18.9 Å². The molecule has 2 heterocycles. The van der Waals surface area contributed by atoms with Gasteiger partial charge >= 0.3 is 0 Å². The second-order valence-electron chi connectivity index (χ2n) is 7.21. The Morgan fingerprint density at radius 3 is 2.76 bits per heavy atom. The van der Waals surface area contributed by atoms with E-state index in [9.17, 15) is 9.18 Å². The molecular formula is C19H23FN4O. The standard InChI is InChI=1S/C19H23FN4O/c1-21-17(13-10-22-23(2)11-13)18(25)24-12-19(8-3-4-9-19)16-14(20)6-5-7-15(16)24/h5-7,10-11,17,21H,3-4,8-9,12H2,1-2H3. The number of nitrogens with zero attached hydrogens (tertiary/aromatic N) is 3. The van der Waals surface area contributed by atoms with E-state index >= 15 is 0 Å². The Morgan fingerprint density at radius 1 is 1.36 bits per heavy atom. The Labute approximate surface area is 146 Å².